The highest BCUT2D eigenvalue weighted by Crippen LogP contribution is 2.25. The summed E-state index contributed by atoms with van der Waals surface area (Å²) in [6.45, 7) is 7.79. The lowest BCUT2D eigenvalue weighted by molar-refractivity contribution is 0.141. The van der Waals surface area contributed by atoms with Crippen molar-refractivity contribution < 1.29 is 5.11 Å². The second kappa shape index (κ2) is 3.81. The van der Waals surface area contributed by atoms with Crippen LogP contribution >= 0.6 is 0 Å². The molecule has 1 aromatic rings. The summed E-state index contributed by atoms with van der Waals surface area (Å²) < 4.78 is 0. The number of pyridine rings is 1. The number of nitrogens with zero attached hydrogens (tertiary/aromatic N) is 2. The van der Waals surface area contributed by atoms with Crippen LogP contribution in [-0.2, 0) is 0 Å². The summed E-state index contributed by atoms with van der Waals surface area (Å²) in [5.41, 5.74) is 2.31. The van der Waals surface area contributed by atoms with Crippen LogP contribution in [0, 0.1) is 6.92 Å². The SMILES string of the molecule is Cc1ccc(C(C)C)nc1N1CC(O)C1. The highest BCUT2D eigenvalue weighted by atomic mass is 16.3. The average molecular weight is 206 g/mol. The van der Waals surface area contributed by atoms with Gasteiger partial charge in [0.2, 0.25) is 0 Å². The van der Waals surface area contributed by atoms with Crippen LogP contribution in [0.2, 0.25) is 0 Å². The van der Waals surface area contributed by atoms with Crippen molar-refractivity contribution >= 4 is 5.82 Å². The maximum Gasteiger partial charge on any atom is 0.131 e. The van der Waals surface area contributed by atoms with Gasteiger partial charge in [-0.05, 0) is 24.5 Å². The van der Waals surface area contributed by atoms with Crippen LogP contribution in [-0.4, -0.2) is 29.3 Å². The van der Waals surface area contributed by atoms with Gasteiger partial charge < -0.3 is 10.0 Å². The number of anilines is 1. The first-order valence-electron chi connectivity index (χ1n) is 5.48. The quantitative estimate of drug-likeness (QED) is 0.800. The zero-order valence-corrected chi connectivity index (χ0v) is 9.57. The minimum absolute atomic E-state index is 0.172. The average Bonchev–Trinajstić information content (AvgIpc) is 2.14. The Morgan fingerprint density at radius 1 is 1.40 bits per heavy atom. The highest BCUT2D eigenvalue weighted by Gasteiger charge is 2.26. The Kier molecular flexibility index (Phi) is 2.65. The first-order chi connectivity index (χ1) is 7.08. The van der Waals surface area contributed by atoms with Crippen LogP contribution in [0.15, 0.2) is 12.1 Å². The molecule has 15 heavy (non-hydrogen) atoms. The fraction of sp³-hybridized carbons (Fsp3) is 0.583. The summed E-state index contributed by atoms with van der Waals surface area (Å²) in [5, 5.41) is 9.28. The van der Waals surface area contributed by atoms with E-state index in [2.05, 4.69) is 42.8 Å². The van der Waals surface area contributed by atoms with E-state index in [9.17, 15) is 5.11 Å². The number of β-amino-alcohol motifs (C(OH)–C–C–N with tert-alkyl or cyclic N) is 1. The number of aliphatic hydroxyl groups is 1. The van der Waals surface area contributed by atoms with Crippen molar-refractivity contribution in [2.75, 3.05) is 18.0 Å². The van der Waals surface area contributed by atoms with E-state index in [0.29, 0.717) is 5.92 Å². The van der Waals surface area contributed by atoms with Gasteiger partial charge in [-0.15, -0.1) is 0 Å². The van der Waals surface area contributed by atoms with Gasteiger partial charge in [-0.3, -0.25) is 0 Å². The second-order valence-corrected chi connectivity index (χ2v) is 4.59. The summed E-state index contributed by atoms with van der Waals surface area (Å²) >= 11 is 0. The summed E-state index contributed by atoms with van der Waals surface area (Å²) in [6, 6.07) is 4.20. The van der Waals surface area contributed by atoms with Crippen molar-refractivity contribution in [3.05, 3.63) is 23.4 Å². The zero-order valence-electron chi connectivity index (χ0n) is 9.57. The molecule has 1 saturated heterocycles. The Hall–Kier alpha value is -1.09. The van der Waals surface area contributed by atoms with Crippen molar-refractivity contribution in [2.24, 2.45) is 0 Å². The topological polar surface area (TPSA) is 36.4 Å². The Morgan fingerprint density at radius 2 is 2.07 bits per heavy atom. The molecule has 0 aliphatic carbocycles. The minimum atomic E-state index is -0.172. The molecular weight excluding hydrogens is 188 g/mol. The highest BCUT2D eigenvalue weighted by molar-refractivity contribution is 5.49. The van der Waals surface area contributed by atoms with Gasteiger partial charge in [-0.2, -0.15) is 0 Å². The van der Waals surface area contributed by atoms with Crippen molar-refractivity contribution in [3.8, 4) is 0 Å². The molecule has 82 valence electrons. The summed E-state index contributed by atoms with van der Waals surface area (Å²) in [7, 11) is 0. The lowest BCUT2D eigenvalue weighted by Crippen LogP contribution is -2.51. The molecule has 1 aromatic heterocycles. The van der Waals surface area contributed by atoms with Gasteiger partial charge in [0, 0.05) is 18.8 Å². The molecular formula is C12H18N2O. The summed E-state index contributed by atoms with van der Waals surface area (Å²) in [6.07, 6.45) is -0.172. The van der Waals surface area contributed by atoms with Crippen molar-refractivity contribution in [2.45, 2.75) is 32.8 Å². The molecule has 0 bridgehead atoms. The van der Waals surface area contributed by atoms with E-state index in [0.717, 1.165) is 24.6 Å². The van der Waals surface area contributed by atoms with E-state index >= 15 is 0 Å². The van der Waals surface area contributed by atoms with Gasteiger partial charge in [0.05, 0.1) is 6.10 Å². The Morgan fingerprint density at radius 3 is 2.60 bits per heavy atom. The normalized spacial score (nSPS) is 17.0. The lowest BCUT2D eigenvalue weighted by Gasteiger charge is -2.38. The third kappa shape index (κ3) is 1.97. The molecule has 0 aromatic carbocycles. The van der Waals surface area contributed by atoms with Crippen LogP contribution in [0.3, 0.4) is 0 Å². The van der Waals surface area contributed by atoms with Gasteiger partial charge in [0.1, 0.15) is 5.82 Å². The van der Waals surface area contributed by atoms with Gasteiger partial charge in [0.25, 0.3) is 0 Å². The van der Waals surface area contributed by atoms with Crippen LogP contribution < -0.4 is 4.90 Å². The molecule has 0 unspecified atom stereocenters. The molecule has 0 atom stereocenters. The Balaban J connectivity index is 2.25. The van der Waals surface area contributed by atoms with Crippen LogP contribution in [0.5, 0.6) is 0 Å². The molecule has 0 amide bonds. The largest absolute Gasteiger partial charge is 0.389 e. The smallest absolute Gasteiger partial charge is 0.131 e. The molecule has 0 saturated carbocycles. The van der Waals surface area contributed by atoms with Crippen LogP contribution in [0.25, 0.3) is 0 Å². The Labute approximate surface area is 90.8 Å². The first kappa shape index (κ1) is 10.4. The number of aliphatic hydroxyl groups excluding tert-OH is 1. The van der Waals surface area contributed by atoms with Crippen LogP contribution in [0.1, 0.15) is 31.0 Å². The number of rotatable bonds is 2. The molecule has 2 heterocycles. The summed E-state index contributed by atoms with van der Waals surface area (Å²) in [4.78, 5) is 6.77. The van der Waals surface area contributed by atoms with Gasteiger partial charge in [-0.25, -0.2) is 4.98 Å². The molecule has 1 aliphatic heterocycles. The molecule has 3 heteroatoms. The minimum Gasteiger partial charge on any atom is -0.389 e. The third-order valence-corrected chi connectivity index (χ3v) is 2.85. The monoisotopic (exact) mass is 206 g/mol. The van der Waals surface area contributed by atoms with E-state index in [1.165, 1.54) is 5.56 Å². The predicted molar refractivity (Wildman–Crippen MR) is 61.3 cm³/mol. The van der Waals surface area contributed by atoms with Crippen LogP contribution in [0.4, 0.5) is 5.82 Å². The lowest BCUT2D eigenvalue weighted by atomic mass is 10.1. The van der Waals surface area contributed by atoms with Gasteiger partial charge >= 0.3 is 0 Å². The first-order valence-corrected chi connectivity index (χ1v) is 5.48. The molecule has 1 aliphatic rings. The maximum atomic E-state index is 9.28. The molecule has 1 fully saturated rings. The predicted octanol–water partition coefficient (Wildman–Crippen LogP) is 1.69. The number of aromatic nitrogens is 1. The second-order valence-electron chi connectivity index (χ2n) is 4.59. The molecule has 3 nitrogen and oxygen atoms in total. The van der Waals surface area contributed by atoms with Crippen molar-refractivity contribution in [3.63, 3.8) is 0 Å². The Bertz CT molecular complexity index is 357. The van der Waals surface area contributed by atoms with E-state index in [1.54, 1.807) is 0 Å². The molecule has 1 N–H and O–H groups in total. The fourth-order valence-corrected chi connectivity index (χ4v) is 1.80. The van der Waals surface area contributed by atoms with E-state index in [4.69, 9.17) is 0 Å². The molecule has 0 radical (unpaired) electrons. The van der Waals surface area contributed by atoms with E-state index in [1.807, 2.05) is 0 Å². The third-order valence-electron chi connectivity index (χ3n) is 2.85. The van der Waals surface area contributed by atoms with Crippen molar-refractivity contribution in [1.29, 1.82) is 0 Å². The molecule has 2 rings (SSSR count). The number of hydrogen-bond acceptors (Lipinski definition) is 3. The van der Waals surface area contributed by atoms with Crippen molar-refractivity contribution in [1.82, 2.24) is 4.98 Å². The van der Waals surface area contributed by atoms with E-state index in [-0.39, 0.29) is 6.10 Å². The maximum absolute atomic E-state index is 9.28. The van der Waals surface area contributed by atoms with E-state index < -0.39 is 0 Å². The summed E-state index contributed by atoms with van der Waals surface area (Å²) in [5.74, 6) is 1.49. The fourth-order valence-electron chi connectivity index (χ4n) is 1.80. The van der Waals surface area contributed by atoms with Gasteiger partial charge in [-0.1, -0.05) is 19.9 Å². The number of aryl methyl sites for hydroxylation is 1. The zero-order chi connectivity index (χ0) is 11.0. The molecule has 0 spiro atoms. The van der Waals surface area contributed by atoms with Gasteiger partial charge in [0.15, 0.2) is 0 Å². The number of hydrogen-bond donors (Lipinski definition) is 1. The standard InChI is InChI=1S/C12H18N2O/c1-8(2)11-5-4-9(3)12(13-11)14-6-10(15)7-14/h4-5,8,10,15H,6-7H2,1-3H3.